The quantitative estimate of drug-likeness (QED) is 0.766. The second-order valence-electron chi connectivity index (χ2n) is 4.58. The van der Waals surface area contributed by atoms with Gasteiger partial charge in [-0.3, -0.25) is 4.68 Å². The molecular weight excluding hydrogens is 206 g/mol. The van der Waals surface area contributed by atoms with E-state index in [1.165, 1.54) is 0 Å². The Kier molecular flexibility index (Phi) is 3.01. The van der Waals surface area contributed by atoms with Crippen LogP contribution in [0.25, 0.3) is 0 Å². The van der Waals surface area contributed by atoms with Crippen molar-refractivity contribution in [1.29, 1.82) is 0 Å². The summed E-state index contributed by atoms with van der Waals surface area (Å²) in [6.45, 7) is 3.58. The Labute approximate surface area is 95.2 Å². The van der Waals surface area contributed by atoms with Crippen LogP contribution >= 0.6 is 0 Å². The Bertz CT molecular complexity index is 369. The van der Waals surface area contributed by atoms with Gasteiger partial charge in [0.25, 0.3) is 0 Å². The summed E-state index contributed by atoms with van der Waals surface area (Å²) in [6.07, 6.45) is 1.93. The van der Waals surface area contributed by atoms with Crippen LogP contribution in [0.15, 0.2) is 6.20 Å². The van der Waals surface area contributed by atoms with E-state index in [9.17, 15) is 5.11 Å². The van der Waals surface area contributed by atoms with E-state index in [0.717, 1.165) is 17.7 Å². The molecule has 1 saturated heterocycles. The predicted octanol–water partition coefficient (Wildman–Crippen LogP) is 0.127. The van der Waals surface area contributed by atoms with Crippen LogP contribution in [0.3, 0.4) is 0 Å². The summed E-state index contributed by atoms with van der Waals surface area (Å²) in [6, 6.07) is 0. The molecule has 90 valence electrons. The van der Waals surface area contributed by atoms with Crippen LogP contribution in [0, 0.1) is 12.3 Å². The minimum absolute atomic E-state index is 0.339. The molecule has 1 aromatic heterocycles. The maximum Gasteiger partial charge on any atom is 0.0914 e. The number of aliphatic hydroxyl groups is 1. The number of aliphatic hydroxyl groups excluding tert-OH is 1. The number of aromatic nitrogens is 2. The summed E-state index contributed by atoms with van der Waals surface area (Å²) in [4.78, 5) is 0. The van der Waals surface area contributed by atoms with Crippen molar-refractivity contribution in [2.75, 3.05) is 19.8 Å². The molecule has 0 amide bonds. The summed E-state index contributed by atoms with van der Waals surface area (Å²) in [5.41, 5.74) is 7.30. The molecule has 0 radical (unpaired) electrons. The van der Waals surface area contributed by atoms with Gasteiger partial charge in [0.15, 0.2) is 0 Å². The maximum atomic E-state index is 10.5. The summed E-state index contributed by atoms with van der Waals surface area (Å²) in [7, 11) is 1.87. The minimum atomic E-state index is -0.589. The van der Waals surface area contributed by atoms with Crippen molar-refractivity contribution in [3.8, 4) is 0 Å². The summed E-state index contributed by atoms with van der Waals surface area (Å²) in [5, 5.41) is 14.6. The molecule has 0 saturated carbocycles. The van der Waals surface area contributed by atoms with Crippen LogP contribution in [-0.2, 0) is 11.8 Å². The number of hydrogen-bond acceptors (Lipinski definition) is 4. The van der Waals surface area contributed by atoms with E-state index in [4.69, 9.17) is 10.5 Å². The fraction of sp³-hybridized carbons (Fsp3) is 0.727. The Hall–Kier alpha value is -0.910. The van der Waals surface area contributed by atoms with E-state index in [1.807, 2.05) is 14.0 Å². The van der Waals surface area contributed by atoms with Crippen LogP contribution in [0.2, 0.25) is 0 Å². The van der Waals surface area contributed by atoms with Crippen molar-refractivity contribution in [3.05, 3.63) is 17.5 Å². The molecule has 0 aromatic carbocycles. The van der Waals surface area contributed by atoms with Crippen molar-refractivity contribution in [2.24, 2.45) is 18.2 Å². The topological polar surface area (TPSA) is 73.3 Å². The van der Waals surface area contributed by atoms with E-state index >= 15 is 0 Å². The highest BCUT2D eigenvalue weighted by Gasteiger charge is 2.42. The molecule has 5 heteroatoms. The first-order chi connectivity index (χ1) is 7.60. The van der Waals surface area contributed by atoms with Crippen LogP contribution in [-0.4, -0.2) is 34.6 Å². The van der Waals surface area contributed by atoms with Gasteiger partial charge in [-0.2, -0.15) is 5.10 Å². The van der Waals surface area contributed by atoms with Gasteiger partial charge in [-0.1, -0.05) is 0 Å². The lowest BCUT2D eigenvalue weighted by Gasteiger charge is -2.31. The van der Waals surface area contributed by atoms with Gasteiger partial charge < -0.3 is 15.6 Å². The van der Waals surface area contributed by atoms with E-state index in [1.54, 1.807) is 10.9 Å². The average molecular weight is 225 g/mol. The van der Waals surface area contributed by atoms with E-state index in [-0.39, 0.29) is 5.41 Å². The van der Waals surface area contributed by atoms with Crippen molar-refractivity contribution < 1.29 is 9.84 Å². The van der Waals surface area contributed by atoms with E-state index < -0.39 is 6.10 Å². The Morgan fingerprint density at radius 1 is 1.75 bits per heavy atom. The molecule has 0 bridgehead atoms. The summed E-state index contributed by atoms with van der Waals surface area (Å²) >= 11 is 0. The van der Waals surface area contributed by atoms with Gasteiger partial charge in [-0.15, -0.1) is 0 Å². The molecule has 1 aliphatic rings. The fourth-order valence-corrected chi connectivity index (χ4v) is 2.23. The zero-order valence-electron chi connectivity index (χ0n) is 9.81. The first-order valence-electron chi connectivity index (χ1n) is 5.55. The molecular formula is C11H19N3O2. The van der Waals surface area contributed by atoms with E-state index in [2.05, 4.69) is 5.10 Å². The van der Waals surface area contributed by atoms with Crippen molar-refractivity contribution in [2.45, 2.75) is 19.4 Å². The first kappa shape index (κ1) is 11.6. The molecule has 3 N–H and O–H groups in total. The van der Waals surface area contributed by atoms with Gasteiger partial charge >= 0.3 is 0 Å². The Morgan fingerprint density at radius 3 is 2.94 bits per heavy atom. The fourth-order valence-electron chi connectivity index (χ4n) is 2.23. The number of rotatable bonds is 3. The van der Waals surface area contributed by atoms with Gasteiger partial charge in [-0.05, 0) is 13.3 Å². The third kappa shape index (κ3) is 1.65. The third-order valence-corrected chi connectivity index (χ3v) is 3.69. The van der Waals surface area contributed by atoms with Crippen molar-refractivity contribution in [1.82, 2.24) is 9.78 Å². The molecule has 0 aliphatic carbocycles. The molecule has 1 fully saturated rings. The van der Waals surface area contributed by atoms with Gasteiger partial charge in [0.1, 0.15) is 0 Å². The zero-order chi connectivity index (χ0) is 11.8. The monoisotopic (exact) mass is 225 g/mol. The normalized spacial score (nSPS) is 27.2. The molecule has 0 spiro atoms. The van der Waals surface area contributed by atoms with Crippen LogP contribution in [0.1, 0.15) is 23.8 Å². The number of nitrogens with two attached hydrogens (primary N) is 1. The lowest BCUT2D eigenvalue weighted by Crippen LogP contribution is -2.37. The highest BCUT2D eigenvalue weighted by molar-refractivity contribution is 5.22. The highest BCUT2D eigenvalue weighted by Crippen LogP contribution is 2.40. The summed E-state index contributed by atoms with van der Waals surface area (Å²) in [5.74, 6) is 0. The number of ether oxygens (including phenoxy) is 1. The van der Waals surface area contributed by atoms with Gasteiger partial charge in [-0.25, -0.2) is 0 Å². The maximum absolute atomic E-state index is 10.5. The van der Waals surface area contributed by atoms with Gasteiger partial charge in [0.2, 0.25) is 0 Å². The van der Waals surface area contributed by atoms with Crippen LogP contribution < -0.4 is 5.73 Å². The molecule has 5 nitrogen and oxygen atoms in total. The lowest BCUT2D eigenvalue weighted by atomic mass is 9.78. The zero-order valence-corrected chi connectivity index (χ0v) is 9.81. The molecule has 2 rings (SSSR count). The molecule has 1 aromatic rings. The third-order valence-electron chi connectivity index (χ3n) is 3.69. The van der Waals surface area contributed by atoms with Crippen molar-refractivity contribution in [3.63, 3.8) is 0 Å². The second kappa shape index (κ2) is 4.16. The largest absolute Gasteiger partial charge is 0.388 e. The van der Waals surface area contributed by atoms with E-state index in [0.29, 0.717) is 19.8 Å². The number of nitrogens with zero attached hydrogens (tertiary/aromatic N) is 2. The molecule has 2 heterocycles. The first-order valence-corrected chi connectivity index (χ1v) is 5.55. The minimum Gasteiger partial charge on any atom is -0.388 e. The summed E-state index contributed by atoms with van der Waals surface area (Å²) < 4.78 is 7.14. The predicted molar refractivity (Wildman–Crippen MR) is 59.8 cm³/mol. The van der Waals surface area contributed by atoms with Gasteiger partial charge in [0.05, 0.1) is 18.9 Å². The van der Waals surface area contributed by atoms with Gasteiger partial charge in [0, 0.05) is 36.9 Å². The second-order valence-corrected chi connectivity index (χ2v) is 4.58. The smallest absolute Gasteiger partial charge is 0.0914 e. The van der Waals surface area contributed by atoms with Crippen LogP contribution in [0.4, 0.5) is 0 Å². The standard InChI is InChI=1S/C11H19N3O2/c1-8-9(5-13-14(8)2)10(15)11(6-12)3-4-16-7-11/h5,10,15H,3-4,6-7,12H2,1-2H3. The van der Waals surface area contributed by atoms with Crippen LogP contribution in [0.5, 0.6) is 0 Å². The SMILES string of the molecule is Cc1c(C(O)C2(CN)CCOC2)cnn1C. The Balaban J connectivity index is 2.30. The molecule has 16 heavy (non-hydrogen) atoms. The molecule has 1 aliphatic heterocycles. The van der Waals surface area contributed by atoms with Crippen molar-refractivity contribution >= 4 is 0 Å². The molecule has 2 atom stereocenters. The average Bonchev–Trinajstić information content (AvgIpc) is 2.88. The lowest BCUT2D eigenvalue weighted by molar-refractivity contribution is 0.0186. The Morgan fingerprint density at radius 2 is 2.50 bits per heavy atom. The highest BCUT2D eigenvalue weighted by atomic mass is 16.5. The number of hydrogen-bond donors (Lipinski definition) is 2. The number of aryl methyl sites for hydroxylation is 1. The molecule has 2 unspecified atom stereocenters.